The van der Waals surface area contributed by atoms with E-state index in [0.717, 1.165) is 23.8 Å². The van der Waals surface area contributed by atoms with Gasteiger partial charge in [-0.05, 0) is 49.6 Å². The van der Waals surface area contributed by atoms with Crippen LogP contribution in [0.5, 0.6) is 17.4 Å². The minimum Gasteiger partial charge on any atom is -0.506 e. The summed E-state index contributed by atoms with van der Waals surface area (Å²) in [5, 5.41) is 11.1. The number of benzene rings is 1. The molecule has 2 aliphatic rings. The van der Waals surface area contributed by atoms with Crippen LogP contribution in [-0.4, -0.2) is 33.1 Å². The van der Waals surface area contributed by atoms with E-state index in [0.29, 0.717) is 28.7 Å². The molecule has 1 aliphatic heterocycles. The first-order valence-electron chi connectivity index (χ1n) is 10.9. The van der Waals surface area contributed by atoms with Crippen molar-refractivity contribution in [2.45, 2.75) is 58.6 Å². The van der Waals surface area contributed by atoms with Crippen LogP contribution in [0.15, 0.2) is 47.6 Å². The van der Waals surface area contributed by atoms with Crippen molar-refractivity contribution in [3.05, 3.63) is 53.9 Å². The number of nitrogens with zero attached hydrogens (tertiary/aromatic N) is 3. The predicted molar refractivity (Wildman–Crippen MR) is 120 cm³/mol. The fourth-order valence-corrected chi connectivity index (χ4v) is 4.66. The summed E-state index contributed by atoms with van der Waals surface area (Å²) in [4.78, 5) is 13.8. The molecule has 0 radical (unpaired) electrons. The highest BCUT2D eigenvalue weighted by Crippen LogP contribution is 2.41. The second-order valence-electron chi connectivity index (χ2n) is 9.26. The molecular formula is C25H27N3O3. The van der Waals surface area contributed by atoms with Gasteiger partial charge in [-0.25, -0.2) is 9.98 Å². The second-order valence-corrected chi connectivity index (χ2v) is 9.26. The fraction of sp³-hybridized carbons (Fsp3) is 0.400. The van der Waals surface area contributed by atoms with E-state index < -0.39 is 0 Å². The number of aromatic hydroxyl groups is 1. The number of hydrogen-bond acceptors (Lipinski definition) is 6. The largest absolute Gasteiger partial charge is 0.506 e. The number of aliphatic imine (C=N–C) groups is 1. The zero-order valence-corrected chi connectivity index (χ0v) is 18.1. The summed E-state index contributed by atoms with van der Waals surface area (Å²) in [6.45, 7) is 6.47. The van der Waals surface area contributed by atoms with Crippen molar-refractivity contribution >= 4 is 16.8 Å². The number of aromatic nitrogens is 2. The lowest BCUT2D eigenvalue weighted by molar-refractivity contribution is 0.0643. The molecule has 1 aliphatic carbocycles. The number of phenolic OH excluding ortho intramolecular Hbond substituents is 1. The zero-order chi connectivity index (χ0) is 21.6. The van der Waals surface area contributed by atoms with Gasteiger partial charge in [0.15, 0.2) is 0 Å². The number of rotatable bonds is 3. The van der Waals surface area contributed by atoms with Gasteiger partial charge in [-0.15, -0.1) is 0 Å². The highest BCUT2D eigenvalue weighted by Gasteiger charge is 2.43. The summed E-state index contributed by atoms with van der Waals surface area (Å²) in [5.74, 6) is 1.74. The molecule has 5 rings (SSSR count). The molecule has 6 nitrogen and oxygen atoms in total. The highest BCUT2D eigenvalue weighted by molar-refractivity contribution is 5.94. The summed E-state index contributed by atoms with van der Waals surface area (Å²) < 4.78 is 12.3. The van der Waals surface area contributed by atoms with E-state index in [1.165, 1.54) is 12.8 Å². The molecule has 1 N–H and O–H groups in total. The van der Waals surface area contributed by atoms with Crippen molar-refractivity contribution in [2.24, 2.45) is 10.4 Å². The van der Waals surface area contributed by atoms with Crippen LogP contribution in [0.1, 0.15) is 50.8 Å². The van der Waals surface area contributed by atoms with Crippen LogP contribution < -0.4 is 4.74 Å². The maximum absolute atomic E-state index is 10.2. The van der Waals surface area contributed by atoms with Crippen LogP contribution in [0, 0.1) is 12.3 Å². The second kappa shape index (κ2) is 7.52. The summed E-state index contributed by atoms with van der Waals surface area (Å²) in [7, 11) is 0. The summed E-state index contributed by atoms with van der Waals surface area (Å²) >= 11 is 0. The Bertz CT molecular complexity index is 1170. The van der Waals surface area contributed by atoms with E-state index in [2.05, 4.69) is 23.8 Å². The molecular weight excluding hydrogens is 390 g/mol. The standard InChI is InChI=1S/C25H27N3O3/c1-15-12-16-7-8-21(28-22(16)20(29)13-15)30-17-9-11-26-19(14-17)24-27-18-6-4-5-10-25(2,3)23(18)31-24/h7-9,11-14,18,23,29H,4-6,10H2,1-3H3/t18-,23+/m0/s1. The maximum atomic E-state index is 10.2. The molecule has 0 unspecified atom stereocenters. The van der Waals surface area contributed by atoms with Crippen LogP contribution in [0.4, 0.5) is 0 Å². The number of hydrogen-bond donors (Lipinski definition) is 1. The lowest BCUT2D eigenvalue weighted by atomic mass is 9.81. The summed E-state index contributed by atoms with van der Waals surface area (Å²) in [6, 6.07) is 11.2. The van der Waals surface area contributed by atoms with Crippen molar-refractivity contribution in [3.8, 4) is 17.4 Å². The zero-order valence-electron chi connectivity index (χ0n) is 18.1. The SMILES string of the molecule is Cc1cc(O)c2nc(Oc3ccnc(C4=N[C@H]5CCCCC(C)(C)[C@@H]5O4)c3)ccc2c1. The van der Waals surface area contributed by atoms with Gasteiger partial charge >= 0.3 is 0 Å². The third-order valence-electron chi connectivity index (χ3n) is 6.28. The topological polar surface area (TPSA) is 76.8 Å². The first kappa shape index (κ1) is 19.8. The van der Waals surface area contributed by atoms with E-state index in [1.54, 1.807) is 24.4 Å². The van der Waals surface area contributed by atoms with Crippen molar-refractivity contribution in [1.82, 2.24) is 9.97 Å². The van der Waals surface area contributed by atoms with Gasteiger partial charge in [0.25, 0.3) is 0 Å². The molecule has 160 valence electrons. The molecule has 1 fully saturated rings. The molecule has 2 atom stereocenters. The third kappa shape index (κ3) is 3.82. The van der Waals surface area contributed by atoms with Crippen LogP contribution in [0.3, 0.4) is 0 Å². The minimum absolute atomic E-state index is 0.0879. The lowest BCUT2D eigenvalue weighted by Crippen LogP contribution is -2.36. The van der Waals surface area contributed by atoms with Gasteiger partial charge in [-0.3, -0.25) is 4.98 Å². The average molecular weight is 418 g/mol. The highest BCUT2D eigenvalue weighted by atomic mass is 16.5. The maximum Gasteiger partial charge on any atom is 0.236 e. The van der Waals surface area contributed by atoms with E-state index in [-0.39, 0.29) is 23.3 Å². The van der Waals surface area contributed by atoms with E-state index in [9.17, 15) is 5.11 Å². The monoisotopic (exact) mass is 417 g/mol. The van der Waals surface area contributed by atoms with Crippen LogP contribution in [-0.2, 0) is 4.74 Å². The molecule has 0 bridgehead atoms. The van der Waals surface area contributed by atoms with Crippen molar-refractivity contribution in [2.75, 3.05) is 0 Å². The van der Waals surface area contributed by atoms with Gasteiger partial charge in [0.1, 0.15) is 28.8 Å². The molecule has 0 amide bonds. The van der Waals surface area contributed by atoms with Gasteiger partial charge in [0.05, 0.1) is 6.04 Å². The average Bonchev–Trinajstić information content (AvgIpc) is 3.12. The lowest BCUT2D eigenvalue weighted by Gasteiger charge is -2.31. The van der Waals surface area contributed by atoms with E-state index in [1.807, 2.05) is 25.1 Å². The molecule has 3 aromatic rings. The van der Waals surface area contributed by atoms with Crippen LogP contribution >= 0.6 is 0 Å². The Kier molecular flexibility index (Phi) is 4.80. The number of ether oxygens (including phenoxy) is 2. The Morgan fingerprint density at radius 3 is 2.87 bits per heavy atom. The van der Waals surface area contributed by atoms with Gasteiger partial charge < -0.3 is 14.6 Å². The first-order chi connectivity index (χ1) is 14.9. The molecule has 1 aromatic carbocycles. The Labute approximate surface area is 182 Å². The van der Waals surface area contributed by atoms with Gasteiger partial charge in [-0.1, -0.05) is 26.7 Å². The Morgan fingerprint density at radius 1 is 1.13 bits per heavy atom. The number of phenols is 1. The number of aryl methyl sites for hydroxylation is 1. The summed E-state index contributed by atoms with van der Waals surface area (Å²) in [5.41, 5.74) is 2.26. The number of pyridine rings is 2. The van der Waals surface area contributed by atoms with Crippen molar-refractivity contribution < 1.29 is 14.6 Å². The predicted octanol–water partition coefficient (Wildman–Crippen LogP) is 5.55. The fourth-order valence-electron chi connectivity index (χ4n) is 4.66. The number of fused-ring (bicyclic) bond motifs is 2. The Hall–Kier alpha value is -3.15. The van der Waals surface area contributed by atoms with E-state index >= 15 is 0 Å². The Balaban J connectivity index is 1.40. The van der Waals surface area contributed by atoms with Crippen molar-refractivity contribution in [1.29, 1.82) is 0 Å². The Morgan fingerprint density at radius 2 is 2.00 bits per heavy atom. The van der Waals surface area contributed by atoms with Crippen LogP contribution in [0.2, 0.25) is 0 Å². The molecule has 2 aromatic heterocycles. The van der Waals surface area contributed by atoms with Gasteiger partial charge in [0, 0.05) is 29.1 Å². The van der Waals surface area contributed by atoms with Crippen LogP contribution in [0.25, 0.3) is 10.9 Å². The van der Waals surface area contributed by atoms with Gasteiger partial charge in [-0.2, -0.15) is 0 Å². The molecule has 0 saturated heterocycles. The quantitative estimate of drug-likeness (QED) is 0.604. The first-order valence-corrected chi connectivity index (χ1v) is 10.9. The van der Waals surface area contributed by atoms with Gasteiger partial charge in [0.2, 0.25) is 11.8 Å². The molecule has 3 heterocycles. The van der Waals surface area contributed by atoms with Crippen molar-refractivity contribution in [3.63, 3.8) is 0 Å². The normalized spacial score (nSPS) is 22.4. The van der Waals surface area contributed by atoms with E-state index in [4.69, 9.17) is 14.5 Å². The molecule has 1 saturated carbocycles. The third-order valence-corrected chi connectivity index (χ3v) is 6.28. The summed E-state index contributed by atoms with van der Waals surface area (Å²) in [6.07, 6.45) is 6.39. The molecule has 6 heteroatoms. The minimum atomic E-state index is 0.0879. The molecule has 31 heavy (non-hydrogen) atoms. The molecule has 0 spiro atoms. The smallest absolute Gasteiger partial charge is 0.236 e.